The van der Waals surface area contributed by atoms with Gasteiger partial charge in [0.2, 0.25) is 0 Å². The van der Waals surface area contributed by atoms with Gasteiger partial charge in [-0.25, -0.2) is 4.39 Å². The van der Waals surface area contributed by atoms with Gasteiger partial charge in [0.05, 0.1) is 11.8 Å². The van der Waals surface area contributed by atoms with Gasteiger partial charge in [0.25, 0.3) is 11.8 Å². The lowest BCUT2D eigenvalue weighted by Crippen LogP contribution is -2.37. The average Bonchev–Trinajstić information content (AvgIpc) is 2.86. The number of carbonyl (C=O) groups is 2. The summed E-state index contributed by atoms with van der Waals surface area (Å²) in [4.78, 5) is 28.9. The van der Waals surface area contributed by atoms with Crippen molar-refractivity contribution in [1.82, 2.24) is 19.6 Å². The van der Waals surface area contributed by atoms with E-state index < -0.39 is 0 Å². The summed E-state index contributed by atoms with van der Waals surface area (Å²) in [5.74, 6) is -0.537. The van der Waals surface area contributed by atoms with Gasteiger partial charge in [-0.05, 0) is 44.5 Å². The molecule has 2 heterocycles. The molecule has 1 saturated heterocycles. The summed E-state index contributed by atoms with van der Waals surface area (Å²) in [7, 11) is 0. The maximum Gasteiger partial charge on any atom is 0.257 e. The van der Waals surface area contributed by atoms with Crippen LogP contribution in [0.15, 0.2) is 30.5 Å². The van der Waals surface area contributed by atoms with Crippen LogP contribution in [0.3, 0.4) is 0 Å². The molecule has 0 N–H and O–H groups in total. The lowest BCUT2D eigenvalue weighted by atomic mass is 10.2. The van der Waals surface area contributed by atoms with Gasteiger partial charge in [0, 0.05) is 44.0 Å². The van der Waals surface area contributed by atoms with E-state index in [1.165, 1.54) is 24.3 Å². The van der Waals surface area contributed by atoms with Crippen LogP contribution in [0, 0.1) is 12.7 Å². The molecule has 2 aromatic rings. The lowest BCUT2D eigenvalue weighted by molar-refractivity contribution is 0.0718. The molecule has 7 heteroatoms. The number of nitrogens with zero attached hydrogens (tertiary/aromatic N) is 4. The molecule has 6 nitrogen and oxygen atoms in total. The van der Waals surface area contributed by atoms with Gasteiger partial charge >= 0.3 is 0 Å². The first-order chi connectivity index (χ1) is 12.5. The summed E-state index contributed by atoms with van der Waals surface area (Å²) in [5, 5.41) is 4.24. The van der Waals surface area contributed by atoms with Gasteiger partial charge in [0.15, 0.2) is 0 Å². The molecule has 1 aliphatic rings. The van der Waals surface area contributed by atoms with Crippen LogP contribution in [0.25, 0.3) is 0 Å². The molecule has 26 heavy (non-hydrogen) atoms. The fourth-order valence-corrected chi connectivity index (χ4v) is 3.24. The van der Waals surface area contributed by atoms with Gasteiger partial charge in [0.1, 0.15) is 5.82 Å². The van der Waals surface area contributed by atoms with Crippen molar-refractivity contribution in [1.29, 1.82) is 0 Å². The van der Waals surface area contributed by atoms with E-state index in [-0.39, 0.29) is 17.6 Å². The highest BCUT2D eigenvalue weighted by molar-refractivity contribution is 5.96. The minimum absolute atomic E-state index is 0.0433. The van der Waals surface area contributed by atoms with Gasteiger partial charge in [-0.1, -0.05) is 0 Å². The second-order valence-electron chi connectivity index (χ2n) is 6.40. The molecule has 0 atom stereocenters. The van der Waals surface area contributed by atoms with Crippen molar-refractivity contribution in [2.75, 3.05) is 26.2 Å². The molecule has 3 rings (SSSR count). The van der Waals surface area contributed by atoms with Crippen molar-refractivity contribution in [3.05, 3.63) is 53.1 Å². The van der Waals surface area contributed by atoms with Crippen LogP contribution in [-0.4, -0.2) is 57.6 Å². The fraction of sp³-hybridized carbons (Fsp3) is 0.421. The van der Waals surface area contributed by atoms with Crippen molar-refractivity contribution in [3.63, 3.8) is 0 Å². The zero-order valence-corrected chi connectivity index (χ0v) is 15.1. The number of carbonyl (C=O) groups excluding carboxylic acids is 2. The number of aromatic nitrogens is 2. The topological polar surface area (TPSA) is 58.4 Å². The molecule has 0 bridgehead atoms. The van der Waals surface area contributed by atoms with Crippen LogP contribution in [0.1, 0.15) is 39.8 Å². The lowest BCUT2D eigenvalue weighted by Gasteiger charge is -2.22. The van der Waals surface area contributed by atoms with E-state index >= 15 is 0 Å². The van der Waals surface area contributed by atoms with E-state index in [1.807, 2.05) is 13.8 Å². The zero-order valence-electron chi connectivity index (χ0n) is 15.1. The Hall–Kier alpha value is -2.70. The van der Waals surface area contributed by atoms with E-state index in [4.69, 9.17) is 0 Å². The van der Waals surface area contributed by atoms with Crippen LogP contribution in [0.4, 0.5) is 4.39 Å². The maximum atomic E-state index is 13.0. The standard InChI is InChI=1S/C19H23FN4O2/c1-3-24-14(2)17(13-21-24)19(26)23-10-4-9-22(11-12-23)18(25)15-5-7-16(20)8-6-15/h5-8,13H,3-4,9-12H2,1-2H3. The Kier molecular flexibility index (Phi) is 5.35. The summed E-state index contributed by atoms with van der Waals surface area (Å²) in [6.07, 6.45) is 2.33. The smallest absolute Gasteiger partial charge is 0.257 e. The van der Waals surface area contributed by atoms with Crippen molar-refractivity contribution in [2.45, 2.75) is 26.8 Å². The van der Waals surface area contributed by atoms with Gasteiger partial charge < -0.3 is 9.80 Å². The van der Waals surface area contributed by atoms with Crippen LogP contribution in [0.2, 0.25) is 0 Å². The number of benzene rings is 1. The first-order valence-electron chi connectivity index (χ1n) is 8.87. The zero-order chi connectivity index (χ0) is 18.7. The largest absolute Gasteiger partial charge is 0.337 e. The monoisotopic (exact) mass is 358 g/mol. The third-order valence-electron chi connectivity index (χ3n) is 4.79. The Morgan fingerprint density at radius 3 is 2.23 bits per heavy atom. The fourth-order valence-electron chi connectivity index (χ4n) is 3.24. The van der Waals surface area contributed by atoms with E-state index in [0.717, 1.165) is 12.2 Å². The number of aryl methyl sites for hydroxylation is 1. The predicted molar refractivity (Wildman–Crippen MR) is 95.5 cm³/mol. The van der Waals surface area contributed by atoms with Crippen molar-refractivity contribution < 1.29 is 14.0 Å². The van der Waals surface area contributed by atoms with Crippen LogP contribution < -0.4 is 0 Å². The molecule has 1 aliphatic heterocycles. The molecular weight excluding hydrogens is 335 g/mol. The van der Waals surface area contributed by atoms with Crippen molar-refractivity contribution >= 4 is 11.8 Å². The van der Waals surface area contributed by atoms with E-state index in [2.05, 4.69) is 5.10 Å². The van der Waals surface area contributed by atoms with Crippen molar-refractivity contribution in [2.24, 2.45) is 0 Å². The maximum absolute atomic E-state index is 13.0. The summed E-state index contributed by atoms with van der Waals surface area (Å²) in [6, 6.07) is 5.56. The first-order valence-corrected chi connectivity index (χ1v) is 8.87. The quantitative estimate of drug-likeness (QED) is 0.846. The number of amides is 2. The average molecular weight is 358 g/mol. The Bertz CT molecular complexity index is 800. The summed E-state index contributed by atoms with van der Waals surface area (Å²) in [6.45, 7) is 6.71. The molecule has 0 saturated carbocycles. The molecule has 0 unspecified atom stereocenters. The highest BCUT2D eigenvalue weighted by atomic mass is 19.1. The Balaban J connectivity index is 1.67. The summed E-state index contributed by atoms with van der Waals surface area (Å²) in [5.41, 5.74) is 1.94. The number of hydrogen-bond acceptors (Lipinski definition) is 3. The molecule has 0 radical (unpaired) electrons. The van der Waals surface area contributed by atoms with Crippen LogP contribution >= 0.6 is 0 Å². The number of rotatable bonds is 3. The van der Waals surface area contributed by atoms with Crippen LogP contribution in [-0.2, 0) is 6.54 Å². The Morgan fingerprint density at radius 1 is 1.04 bits per heavy atom. The second-order valence-corrected chi connectivity index (χ2v) is 6.40. The highest BCUT2D eigenvalue weighted by Crippen LogP contribution is 2.15. The molecule has 0 spiro atoms. The van der Waals surface area contributed by atoms with E-state index in [1.54, 1.807) is 20.7 Å². The molecule has 1 aromatic heterocycles. The SMILES string of the molecule is CCn1ncc(C(=O)N2CCCN(C(=O)c3ccc(F)cc3)CC2)c1C. The normalized spacial score (nSPS) is 15.0. The minimum atomic E-state index is -0.364. The molecule has 1 fully saturated rings. The third kappa shape index (κ3) is 3.61. The number of halogens is 1. The van der Waals surface area contributed by atoms with E-state index in [9.17, 15) is 14.0 Å². The summed E-state index contributed by atoms with van der Waals surface area (Å²) < 4.78 is 14.8. The molecular formula is C19H23FN4O2. The molecule has 2 amide bonds. The first kappa shape index (κ1) is 18.1. The minimum Gasteiger partial charge on any atom is -0.337 e. The Morgan fingerprint density at radius 2 is 1.65 bits per heavy atom. The Labute approximate surface area is 152 Å². The second kappa shape index (κ2) is 7.68. The van der Waals surface area contributed by atoms with Gasteiger partial charge in [-0.2, -0.15) is 5.10 Å². The molecule has 138 valence electrons. The van der Waals surface area contributed by atoms with Gasteiger partial charge in [-0.3, -0.25) is 14.3 Å². The summed E-state index contributed by atoms with van der Waals surface area (Å²) >= 11 is 0. The van der Waals surface area contributed by atoms with Crippen molar-refractivity contribution in [3.8, 4) is 0 Å². The van der Waals surface area contributed by atoms with Crippen LogP contribution in [0.5, 0.6) is 0 Å². The van der Waals surface area contributed by atoms with E-state index in [0.29, 0.717) is 43.7 Å². The number of hydrogen-bond donors (Lipinski definition) is 0. The third-order valence-corrected chi connectivity index (χ3v) is 4.79. The van der Waals surface area contributed by atoms with Gasteiger partial charge in [-0.15, -0.1) is 0 Å². The highest BCUT2D eigenvalue weighted by Gasteiger charge is 2.25. The molecule has 1 aromatic carbocycles. The predicted octanol–water partition coefficient (Wildman–Crippen LogP) is 2.34. The molecule has 0 aliphatic carbocycles.